The SMILES string of the molecule is CC1C=c2c3c(n(-c4nc(-c5ccc6ccccc6c5)c5c6ccccc6c6ccccc6c5n4)c2=CC1)C1(C)Sc2ccccc2C1C1(C)C=CC=CC31. The van der Waals surface area contributed by atoms with Gasteiger partial charge in [-0.1, -0.05) is 153 Å². The van der Waals surface area contributed by atoms with E-state index in [1.807, 2.05) is 11.8 Å². The monoisotopic (exact) mass is 725 g/mol. The van der Waals surface area contributed by atoms with Gasteiger partial charge < -0.3 is 0 Å². The van der Waals surface area contributed by atoms with E-state index in [9.17, 15) is 0 Å². The van der Waals surface area contributed by atoms with E-state index < -0.39 is 0 Å². The lowest BCUT2D eigenvalue weighted by Gasteiger charge is -2.52. The topological polar surface area (TPSA) is 30.7 Å². The summed E-state index contributed by atoms with van der Waals surface area (Å²) in [7, 11) is 0. The van der Waals surface area contributed by atoms with Crippen LogP contribution in [-0.4, -0.2) is 14.5 Å². The van der Waals surface area contributed by atoms with E-state index >= 15 is 0 Å². The van der Waals surface area contributed by atoms with Gasteiger partial charge in [0.2, 0.25) is 5.95 Å². The Labute approximate surface area is 324 Å². The molecule has 8 aromatic rings. The van der Waals surface area contributed by atoms with Gasteiger partial charge in [0.15, 0.2) is 0 Å². The fraction of sp³-hybridized carbons (Fsp3) is 0.176. The van der Waals surface area contributed by atoms with Gasteiger partial charge in [0.25, 0.3) is 0 Å². The van der Waals surface area contributed by atoms with E-state index in [0.717, 1.165) is 39.9 Å². The second kappa shape index (κ2) is 11.2. The number of allylic oxidation sites excluding steroid dienone is 4. The van der Waals surface area contributed by atoms with E-state index in [1.54, 1.807) is 0 Å². The van der Waals surface area contributed by atoms with Crippen molar-refractivity contribution in [2.45, 2.75) is 48.7 Å². The molecule has 3 aliphatic carbocycles. The van der Waals surface area contributed by atoms with Crippen molar-refractivity contribution in [3.63, 3.8) is 0 Å². The highest BCUT2D eigenvalue weighted by Crippen LogP contribution is 2.71. The molecule has 0 fully saturated rings. The van der Waals surface area contributed by atoms with E-state index in [4.69, 9.17) is 9.97 Å². The van der Waals surface area contributed by atoms with Gasteiger partial charge in [0, 0.05) is 49.4 Å². The van der Waals surface area contributed by atoms with Crippen LogP contribution < -0.4 is 10.6 Å². The van der Waals surface area contributed by atoms with Crippen LogP contribution >= 0.6 is 11.8 Å². The first-order valence-electron chi connectivity index (χ1n) is 19.6. The molecule has 0 N–H and O–H groups in total. The number of hydrogen-bond acceptors (Lipinski definition) is 3. The zero-order valence-corrected chi connectivity index (χ0v) is 31.9. The molecule has 6 aromatic carbocycles. The van der Waals surface area contributed by atoms with Crippen LogP contribution in [-0.2, 0) is 4.75 Å². The van der Waals surface area contributed by atoms with Crippen molar-refractivity contribution in [2.24, 2.45) is 11.3 Å². The molecule has 0 bridgehead atoms. The minimum atomic E-state index is -0.269. The van der Waals surface area contributed by atoms with E-state index in [2.05, 4.69) is 177 Å². The normalized spacial score (nSPS) is 24.6. The Morgan fingerprint density at radius 2 is 1.47 bits per heavy atom. The average molecular weight is 726 g/mol. The van der Waals surface area contributed by atoms with Crippen LogP contribution in [0.4, 0.5) is 0 Å². The summed E-state index contributed by atoms with van der Waals surface area (Å²) in [6, 6.07) is 42.2. The molecule has 5 atom stereocenters. The Balaban J connectivity index is 1.26. The highest BCUT2D eigenvalue weighted by Gasteiger charge is 2.61. The molecule has 0 saturated carbocycles. The van der Waals surface area contributed by atoms with Crippen molar-refractivity contribution in [2.75, 3.05) is 0 Å². The molecule has 3 nitrogen and oxygen atoms in total. The number of benzene rings is 6. The van der Waals surface area contributed by atoms with Crippen LogP contribution in [0.1, 0.15) is 55.8 Å². The highest BCUT2D eigenvalue weighted by molar-refractivity contribution is 8.00. The summed E-state index contributed by atoms with van der Waals surface area (Å²) >= 11 is 2.04. The number of rotatable bonds is 2. The lowest BCUT2D eigenvalue weighted by Crippen LogP contribution is -2.46. The van der Waals surface area contributed by atoms with Gasteiger partial charge in [0.05, 0.1) is 21.3 Å². The van der Waals surface area contributed by atoms with Crippen molar-refractivity contribution >= 4 is 67.1 Å². The summed E-state index contributed by atoms with van der Waals surface area (Å²) in [4.78, 5) is 13.0. The Morgan fingerprint density at radius 3 is 2.33 bits per heavy atom. The van der Waals surface area contributed by atoms with Crippen molar-refractivity contribution < 1.29 is 0 Å². The maximum atomic E-state index is 5.81. The maximum absolute atomic E-state index is 5.81. The fourth-order valence-electron chi connectivity index (χ4n) is 11.0. The Kier molecular flexibility index (Phi) is 6.43. The molecule has 3 heterocycles. The summed E-state index contributed by atoms with van der Waals surface area (Å²) < 4.78 is 2.24. The highest BCUT2D eigenvalue weighted by atomic mass is 32.2. The molecule has 12 rings (SSSR count). The van der Waals surface area contributed by atoms with Gasteiger partial charge in [-0.3, -0.25) is 4.57 Å². The minimum absolute atomic E-state index is 0.0970. The Bertz CT molecular complexity index is 3190. The zero-order valence-electron chi connectivity index (χ0n) is 31.1. The standard InChI is InChI=1S/C51H39N3S/c1-30-23-26-41-39(28-30)43-40-21-12-13-27-50(40,2)47-38-20-10-11-22-42(38)55-51(47,3)48(43)54(41)49-52-45(33-25-24-31-14-4-5-15-32(31)29-33)44-36-18-8-6-16-34(36)35-17-7-9-19-37(35)46(44)53-49/h4-22,24-30,40,47H,23H2,1-3H3. The summed E-state index contributed by atoms with van der Waals surface area (Å²) in [6.07, 6.45) is 15.5. The third-order valence-corrected chi connectivity index (χ3v) is 14.7. The quantitative estimate of drug-likeness (QED) is 0.166. The first-order chi connectivity index (χ1) is 26.9. The first kappa shape index (κ1) is 31.6. The second-order valence-electron chi connectivity index (χ2n) is 16.5. The molecule has 0 radical (unpaired) electrons. The smallest absolute Gasteiger partial charge is 0.235 e. The van der Waals surface area contributed by atoms with E-state index in [1.165, 1.54) is 59.2 Å². The first-order valence-corrected chi connectivity index (χ1v) is 20.5. The molecule has 2 aromatic heterocycles. The molecule has 4 aliphatic rings. The van der Waals surface area contributed by atoms with Crippen molar-refractivity contribution in [3.05, 3.63) is 167 Å². The molecule has 0 spiro atoms. The lowest BCUT2D eigenvalue weighted by atomic mass is 9.54. The molecule has 55 heavy (non-hydrogen) atoms. The summed E-state index contributed by atoms with van der Waals surface area (Å²) in [5.74, 6) is 1.68. The van der Waals surface area contributed by atoms with Crippen LogP contribution in [0.2, 0.25) is 0 Å². The molecule has 264 valence electrons. The predicted molar refractivity (Wildman–Crippen MR) is 230 cm³/mol. The molecule has 1 aliphatic heterocycles. The molecule has 5 unspecified atom stereocenters. The van der Waals surface area contributed by atoms with Crippen molar-refractivity contribution in [1.82, 2.24) is 14.5 Å². The largest absolute Gasteiger partial charge is 0.281 e. The number of hydrogen-bond donors (Lipinski definition) is 0. The number of nitrogens with zero attached hydrogens (tertiary/aromatic N) is 3. The van der Waals surface area contributed by atoms with Crippen LogP contribution in [0.3, 0.4) is 0 Å². The molecular formula is C51H39N3S. The molecular weight excluding hydrogens is 687 g/mol. The summed E-state index contributed by atoms with van der Waals surface area (Å²) in [5.41, 5.74) is 7.22. The Hall–Kier alpha value is -5.71. The summed E-state index contributed by atoms with van der Waals surface area (Å²) in [6.45, 7) is 7.37. The van der Waals surface area contributed by atoms with E-state index in [0.29, 0.717) is 5.92 Å². The van der Waals surface area contributed by atoms with Gasteiger partial charge in [0.1, 0.15) is 0 Å². The van der Waals surface area contributed by atoms with Crippen LogP contribution in [0.15, 0.2) is 144 Å². The van der Waals surface area contributed by atoms with Gasteiger partial charge in [-0.05, 0) is 69.5 Å². The number of thioether (sulfide) groups is 1. The Morgan fingerprint density at radius 1 is 0.745 bits per heavy atom. The zero-order chi connectivity index (χ0) is 36.6. The molecule has 0 saturated heterocycles. The predicted octanol–water partition coefficient (Wildman–Crippen LogP) is 11.5. The molecule has 0 amide bonds. The van der Waals surface area contributed by atoms with Crippen molar-refractivity contribution in [3.8, 4) is 17.2 Å². The number of aromatic nitrogens is 3. The second-order valence-corrected chi connectivity index (χ2v) is 18.0. The van der Waals surface area contributed by atoms with E-state index in [-0.39, 0.29) is 22.0 Å². The van der Waals surface area contributed by atoms with Crippen LogP contribution in [0.25, 0.3) is 72.6 Å². The summed E-state index contributed by atoms with van der Waals surface area (Å²) in [5, 5.41) is 10.9. The van der Waals surface area contributed by atoms with Crippen molar-refractivity contribution in [1.29, 1.82) is 0 Å². The average Bonchev–Trinajstić information content (AvgIpc) is 3.73. The molecule has 4 heteroatoms. The maximum Gasteiger partial charge on any atom is 0.235 e. The van der Waals surface area contributed by atoms with Gasteiger partial charge >= 0.3 is 0 Å². The lowest BCUT2D eigenvalue weighted by molar-refractivity contribution is 0.228. The third kappa shape index (κ3) is 4.18. The van der Waals surface area contributed by atoms with Crippen LogP contribution in [0.5, 0.6) is 0 Å². The van der Waals surface area contributed by atoms with Gasteiger partial charge in [-0.15, -0.1) is 11.8 Å². The van der Waals surface area contributed by atoms with Gasteiger partial charge in [-0.2, -0.15) is 0 Å². The minimum Gasteiger partial charge on any atom is -0.281 e. The van der Waals surface area contributed by atoms with Crippen LogP contribution in [0, 0.1) is 11.3 Å². The third-order valence-electron chi connectivity index (χ3n) is 13.3. The number of fused-ring (bicyclic) bond motifs is 17. The van der Waals surface area contributed by atoms with Gasteiger partial charge in [-0.25, -0.2) is 9.97 Å². The fourth-order valence-corrected chi connectivity index (χ4v) is 12.7.